The second kappa shape index (κ2) is 4.78. The lowest BCUT2D eigenvalue weighted by Crippen LogP contribution is -2.54. The SMILES string of the molecule is COc1ccc(Br)c(CC(=O)C2(N)CCC2)c1. The first kappa shape index (κ1) is 12.6. The number of halogens is 1. The van der Waals surface area contributed by atoms with Crippen molar-refractivity contribution < 1.29 is 9.53 Å². The summed E-state index contributed by atoms with van der Waals surface area (Å²) in [6.45, 7) is 0. The highest BCUT2D eigenvalue weighted by atomic mass is 79.9. The van der Waals surface area contributed by atoms with Crippen molar-refractivity contribution in [1.29, 1.82) is 0 Å². The Morgan fingerprint density at radius 1 is 1.53 bits per heavy atom. The molecule has 0 heterocycles. The summed E-state index contributed by atoms with van der Waals surface area (Å²) >= 11 is 3.45. The highest BCUT2D eigenvalue weighted by molar-refractivity contribution is 9.10. The molecule has 1 saturated carbocycles. The average molecular weight is 298 g/mol. The van der Waals surface area contributed by atoms with Crippen molar-refractivity contribution >= 4 is 21.7 Å². The summed E-state index contributed by atoms with van der Waals surface area (Å²) < 4.78 is 6.08. The fourth-order valence-corrected chi connectivity index (χ4v) is 2.39. The van der Waals surface area contributed by atoms with Crippen LogP contribution in [0.25, 0.3) is 0 Å². The molecule has 0 atom stereocenters. The third-order valence-corrected chi connectivity index (χ3v) is 4.18. The highest BCUT2D eigenvalue weighted by Gasteiger charge is 2.39. The maximum Gasteiger partial charge on any atom is 0.157 e. The number of hydrogen-bond donors (Lipinski definition) is 1. The van der Waals surface area contributed by atoms with Crippen molar-refractivity contribution in [2.45, 2.75) is 31.2 Å². The molecule has 0 unspecified atom stereocenters. The Kier molecular flexibility index (Phi) is 3.54. The van der Waals surface area contributed by atoms with E-state index < -0.39 is 5.54 Å². The van der Waals surface area contributed by atoms with E-state index in [0.717, 1.165) is 35.0 Å². The summed E-state index contributed by atoms with van der Waals surface area (Å²) in [5, 5.41) is 0. The van der Waals surface area contributed by atoms with E-state index in [9.17, 15) is 4.79 Å². The molecule has 3 nitrogen and oxygen atoms in total. The minimum absolute atomic E-state index is 0.123. The van der Waals surface area contributed by atoms with Gasteiger partial charge < -0.3 is 10.5 Å². The summed E-state index contributed by atoms with van der Waals surface area (Å²) in [5.74, 6) is 0.883. The molecule has 0 spiro atoms. The Morgan fingerprint density at radius 3 is 2.76 bits per heavy atom. The first-order valence-electron chi connectivity index (χ1n) is 5.70. The number of nitrogens with two attached hydrogens (primary N) is 1. The summed E-state index contributed by atoms with van der Waals surface area (Å²) in [4.78, 5) is 12.1. The van der Waals surface area contributed by atoms with E-state index in [2.05, 4.69) is 15.9 Å². The first-order valence-corrected chi connectivity index (χ1v) is 6.49. The largest absolute Gasteiger partial charge is 0.497 e. The van der Waals surface area contributed by atoms with Crippen LogP contribution >= 0.6 is 15.9 Å². The van der Waals surface area contributed by atoms with Crippen LogP contribution in [0.2, 0.25) is 0 Å². The molecule has 0 amide bonds. The zero-order valence-electron chi connectivity index (χ0n) is 9.83. The molecule has 0 bridgehead atoms. The summed E-state index contributed by atoms with van der Waals surface area (Å²) in [5.41, 5.74) is 6.37. The molecule has 1 aromatic carbocycles. The Labute approximate surface area is 109 Å². The van der Waals surface area contributed by atoms with Crippen LogP contribution in [0.3, 0.4) is 0 Å². The second-order valence-corrected chi connectivity index (χ2v) is 5.42. The molecule has 4 heteroatoms. The minimum Gasteiger partial charge on any atom is -0.497 e. The molecule has 1 aliphatic rings. The maximum atomic E-state index is 12.1. The molecule has 0 saturated heterocycles. The zero-order valence-corrected chi connectivity index (χ0v) is 11.4. The van der Waals surface area contributed by atoms with Gasteiger partial charge in [0.15, 0.2) is 5.78 Å². The maximum absolute atomic E-state index is 12.1. The predicted molar refractivity (Wildman–Crippen MR) is 70.2 cm³/mol. The predicted octanol–water partition coefficient (Wildman–Crippen LogP) is 2.45. The van der Waals surface area contributed by atoms with E-state index in [1.807, 2.05) is 18.2 Å². The molecule has 0 aliphatic heterocycles. The number of ketones is 1. The van der Waals surface area contributed by atoms with Gasteiger partial charge in [0, 0.05) is 10.9 Å². The number of carbonyl (C=O) groups excluding carboxylic acids is 1. The molecule has 0 radical (unpaired) electrons. The monoisotopic (exact) mass is 297 g/mol. The van der Waals surface area contributed by atoms with Crippen LogP contribution in [0, 0.1) is 0 Å². The fourth-order valence-electron chi connectivity index (χ4n) is 2.00. The van der Waals surface area contributed by atoms with Gasteiger partial charge in [-0.25, -0.2) is 0 Å². The number of hydrogen-bond acceptors (Lipinski definition) is 3. The lowest BCUT2D eigenvalue weighted by molar-refractivity contribution is -0.126. The Balaban J connectivity index is 2.15. The van der Waals surface area contributed by atoms with Gasteiger partial charge in [-0.15, -0.1) is 0 Å². The minimum atomic E-state index is -0.581. The molecule has 0 aromatic heterocycles. The average Bonchev–Trinajstić information content (AvgIpc) is 2.28. The number of carbonyl (C=O) groups is 1. The van der Waals surface area contributed by atoms with E-state index >= 15 is 0 Å². The van der Waals surface area contributed by atoms with Crippen LogP contribution < -0.4 is 10.5 Å². The van der Waals surface area contributed by atoms with Crippen LogP contribution in [0.4, 0.5) is 0 Å². The van der Waals surface area contributed by atoms with Gasteiger partial charge in [-0.2, -0.15) is 0 Å². The second-order valence-electron chi connectivity index (χ2n) is 4.57. The number of benzene rings is 1. The van der Waals surface area contributed by atoms with Crippen molar-refractivity contribution in [2.24, 2.45) is 5.73 Å². The zero-order chi connectivity index (χ0) is 12.5. The van der Waals surface area contributed by atoms with Gasteiger partial charge in [-0.3, -0.25) is 4.79 Å². The van der Waals surface area contributed by atoms with Crippen LogP contribution in [-0.4, -0.2) is 18.4 Å². The molecule has 1 aliphatic carbocycles. The van der Waals surface area contributed by atoms with E-state index in [1.54, 1.807) is 7.11 Å². The molecular weight excluding hydrogens is 282 g/mol. The third-order valence-electron chi connectivity index (χ3n) is 3.40. The van der Waals surface area contributed by atoms with Crippen LogP contribution in [0.15, 0.2) is 22.7 Å². The molecule has 1 fully saturated rings. The van der Waals surface area contributed by atoms with Crippen molar-refractivity contribution in [2.75, 3.05) is 7.11 Å². The molecule has 17 heavy (non-hydrogen) atoms. The van der Waals surface area contributed by atoms with Gasteiger partial charge in [0.2, 0.25) is 0 Å². The fraction of sp³-hybridized carbons (Fsp3) is 0.462. The number of Topliss-reactive ketones (excluding diaryl/α,β-unsaturated/α-hetero) is 1. The Bertz CT molecular complexity index is 441. The lowest BCUT2D eigenvalue weighted by Gasteiger charge is -2.36. The van der Waals surface area contributed by atoms with Crippen LogP contribution in [0.5, 0.6) is 5.75 Å². The van der Waals surface area contributed by atoms with Gasteiger partial charge in [-0.1, -0.05) is 15.9 Å². The van der Waals surface area contributed by atoms with Gasteiger partial charge in [-0.05, 0) is 43.0 Å². The molecular formula is C13H16BrNO2. The topological polar surface area (TPSA) is 52.3 Å². The normalized spacial score (nSPS) is 17.4. The van der Waals surface area contributed by atoms with Crippen LogP contribution in [0.1, 0.15) is 24.8 Å². The van der Waals surface area contributed by atoms with E-state index in [-0.39, 0.29) is 5.78 Å². The molecule has 92 valence electrons. The van der Waals surface area contributed by atoms with Gasteiger partial charge >= 0.3 is 0 Å². The van der Waals surface area contributed by atoms with Gasteiger partial charge in [0.05, 0.1) is 12.6 Å². The molecule has 2 rings (SSSR count). The number of methoxy groups -OCH3 is 1. The lowest BCUT2D eigenvalue weighted by atomic mass is 9.73. The number of ether oxygens (including phenoxy) is 1. The summed E-state index contributed by atoms with van der Waals surface area (Å²) in [6.07, 6.45) is 3.05. The summed E-state index contributed by atoms with van der Waals surface area (Å²) in [6, 6.07) is 5.63. The van der Waals surface area contributed by atoms with E-state index in [4.69, 9.17) is 10.5 Å². The Hall–Kier alpha value is -0.870. The molecule has 2 N–H and O–H groups in total. The third kappa shape index (κ3) is 2.53. The smallest absolute Gasteiger partial charge is 0.157 e. The first-order chi connectivity index (χ1) is 8.05. The Morgan fingerprint density at radius 2 is 2.24 bits per heavy atom. The summed E-state index contributed by atoms with van der Waals surface area (Å²) in [7, 11) is 1.62. The van der Waals surface area contributed by atoms with Gasteiger partial charge in [0.25, 0.3) is 0 Å². The highest BCUT2D eigenvalue weighted by Crippen LogP contribution is 2.32. The number of rotatable bonds is 4. The van der Waals surface area contributed by atoms with Gasteiger partial charge in [0.1, 0.15) is 5.75 Å². The van der Waals surface area contributed by atoms with Crippen molar-refractivity contribution in [3.05, 3.63) is 28.2 Å². The molecule has 1 aromatic rings. The van der Waals surface area contributed by atoms with Crippen molar-refractivity contribution in [1.82, 2.24) is 0 Å². The van der Waals surface area contributed by atoms with Crippen LogP contribution in [-0.2, 0) is 11.2 Å². The standard InChI is InChI=1S/C13H16BrNO2/c1-17-10-3-4-11(14)9(7-10)8-12(16)13(15)5-2-6-13/h3-4,7H,2,5-6,8,15H2,1H3. The van der Waals surface area contributed by atoms with E-state index in [0.29, 0.717) is 6.42 Å². The van der Waals surface area contributed by atoms with Crippen molar-refractivity contribution in [3.8, 4) is 5.75 Å². The van der Waals surface area contributed by atoms with Crippen molar-refractivity contribution in [3.63, 3.8) is 0 Å². The van der Waals surface area contributed by atoms with E-state index in [1.165, 1.54) is 0 Å². The quantitative estimate of drug-likeness (QED) is 0.929.